The van der Waals surface area contributed by atoms with E-state index in [4.69, 9.17) is 5.73 Å². The van der Waals surface area contributed by atoms with Gasteiger partial charge in [-0.05, 0) is 55.0 Å². The van der Waals surface area contributed by atoms with Crippen LogP contribution in [0.3, 0.4) is 0 Å². The molecule has 0 spiro atoms. The molecule has 3 nitrogen and oxygen atoms in total. The average molecular weight is 312 g/mol. The number of hydrogen-bond acceptors (Lipinski definition) is 3. The van der Waals surface area contributed by atoms with Crippen molar-refractivity contribution in [2.75, 3.05) is 31.6 Å². The van der Waals surface area contributed by atoms with E-state index in [1.165, 1.54) is 10.2 Å². The highest BCUT2D eigenvalue weighted by Gasteiger charge is 2.29. The lowest BCUT2D eigenvalue weighted by molar-refractivity contribution is 0.196. The molecule has 2 unspecified atom stereocenters. The van der Waals surface area contributed by atoms with Gasteiger partial charge in [-0.3, -0.25) is 4.90 Å². The Bertz CT molecular complexity index is 396. The monoisotopic (exact) mass is 311 g/mol. The predicted molar refractivity (Wildman–Crippen MR) is 81.0 cm³/mol. The molecule has 1 fully saturated rings. The number of anilines is 1. The zero-order valence-corrected chi connectivity index (χ0v) is 12.7. The second-order valence-electron chi connectivity index (χ2n) is 5.12. The topological polar surface area (TPSA) is 32.5 Å². The molecule has 0 aromatic heterocycles. The maximum atomic E-state index is 5.76. The lowest BCUT2D eigenvalue weighted by Gasteiger charge is -2.45. The maximum Gasteiger partial charge on any atom is 0.0514 e. The molecule has 1 heterocycles. The van der Waals surface area contributed by atoms with Crippen LogP contribution in [0.4, 0.5) is 5.69 Å². The third-order valence-electron chi connectivity index (χ3n) is 3.81. The highest BCUT2D eigenvalue weighted by Crippen LogP contribution is 2.30. The predicted octanol–water partition coefficient (Wildman–Crippen LogP) is 2.31. The second kappa shape index (κ2) is 6.04. The van der Waals surface area contributed by atoms with Crippen molar-refractivity contribution in [3.63, 3.8) is 0 Å². The molecule has 2 atom stereocenters. The summed E-state index contributed by atoms with van der Waals surface area (Å²) in [6, 6.07) is 9.54. The minimum absolute atomic E-state index is 0.509. The van der Waals surface area contributed by atoms with Gasteiger partial charge < -0.3 is 10.6 Å². The van der Waals surface area contributed by atoms with E-state index in [1.807, 2.05) is 0 Å². The molecule has 1 aliphatic heterocycles. The molecule has 0 radical (unpaired) electrons. The van der Waals surface area contributed by atoms with Crippen molar-refractivity contribution in [3.8, 4) is 0 Å². The van der Waals surface area contributed by atoms with Gasteiger partial charge in [0.2, 0.25) is 0 Å². The zero-order chi connectivity index (χ0) is 13.1. The van der Waals surface area contributed by atoms with E-state index >= 15 is 0 Å². The van der Waals surface area contributed by atoms with E-state index in [9.17, 15) is 0 Å². The number of halogens is 1. The first-order chi connectivity index (χ1) is 8.63. The molecule has 18 heavy (non-hydrogen) atoms. The summed E-state index contributed by atoms with van der Waals surface area (Å²) in [7, 11) is 2.20. The van der Waals surface area contributed by atoms with Gasteiger partial charge in [0.25, 0.3) is 0 Å². The van der Waals surface area contributed by atoms with Crippen LogP contribution in [0.5, 0.6) is 0 Å². The van der Waals surface area contributed by atoms with E-state index in [2.05, 4.69) is 64.0 Å². The minimum Gasteiger partial charge on any atom is -0.365 e. The molecule has 1 aliphatic rings. The van der Waals surface area contributed by atoms with Crippen LogP contribution in [0.15, 0.2) is 28.7 Å². The minimum atomic E-state index is 0.509. The summed E-state index contributed by atoms with van der Waals surface area (Å²) in [5.41, 5.74) is 7.05. The summed E-state index contributed by atoms with van der Waals surface area (Å²) >= 11 is 3.66. The smallest absolute Gasteiger partial charge is 0.0514 e. The number of nitrogens with two attached hydrogens (primary N) is 1. The van der Waals surface area contributed by atoms with Gasteiger partial charge in [-0.25, -0.2) is 0 Å². The van der Waals surface area contributed by atoms with Crippen LogP contribution in [0, 0.1) is 0 Å². The van der Waals surface area contributed by atoms with Crippen molar-refractivity contribution in [2.24, 2.45) is 5.73 Å². The number of hydrogen-bond donors (Lipinski definition) is 1. The first-order valence-electron chi connectivity index (χ1n) is 6.55. The quantitative estimate of drug-likeness (QED) is 0.929. The molecule has 1 saturated heterocycles. The fourth-order valence-electron chi connectivity index (χ4n) is 2.60. The molecule has 0 bridgehead atoms. The zero-order valence-electron chi connectivity index (χ0n) is 11.1. The van der Waals surface area contributed by atoms with E-state index in [-0.39, 0.29) is 0 Å². The molecule has 0 aliphatic carbocycles. The first kappa shape index (κ1) is 13.8. The summed E-state index contributed by atoms with van der Waals surface area (Å²) in [5.74, 6) is 0. The number of para-hydroxylation sites is 1. The van der Waals surface area contributed by atoms with Crippen molar-refractivity contribution in [3.05, 3.63) is 28.7 Å². The van der Waals surface area contributed by atoms with Crippen LogP contribution in [0.25, 0.3) is 0 Å². The van der Waals surface area contributed by atoms with E-state index in [1.54, 1.807) is 0 Å². The average Bonchev–Trinajstić information content (AvgIpc) is 2.35. The van der Waals surface area contributed by atoms with Gasteiger partial charge in [0.1, 0.15) is 0 Å². The lowest BCUT2D eigenvalue weighted by atomic mass is 10.0. The number of rotatable bonds is 3. The highest BCUT2D eigenvalue weighted by atomic mass is 79.9. The summed E-state index contributed by atoms with van der Waals surface area (Å²) in [6.07, 6.45) is 1.04. The van der Waals surface area contributed by atoms with Crippen molar-refractivity contribution in [1.29, 1.82) is 0 Å². The number of nitrogens with zero attached hydrogens (tertiary/aromatic N) is 2. The van der Waals surface area contributed by atoms with Crippen LogP contribution in [-0.4, -0.2) is 43.7 Å². The third kappa shape index (κ3) is 2.87. The maximum absolute atomic E-state index is 5.76. The number of benzene rings is 1. The van der Waals surface area contributed by atoms with Gasteiger partial charge in [-0.2, -0.15) is 0 Å². The third-order valence-corrected chi connectivity index (χ3v) is 4.49. The number of piperazine rings is 1. The SMILES string of the molecule is CC1CN(c2ccccc2Br)C(CCN)CN1C. The Kier molecular flexibility index (Phi) is 4.65. The van der Waals surface area contributed by atoms with Gasteiger partial charge in [-0.1, -0.05) is 12.1 Å². The van der Waals surface area contributed by atoms with E-state index < -0.39 is 0 Å². The van der Waals surface area contributed by atoms with Crippen LogP contribution in [-0.2, 0) is 0 Å². The summed E-state index contributed by atoms with van der Waals surface area (Å²) in [6.45, 7) is 5.17. The summed E-state index contributed by atoms with van der Waals surface area (Å²) < 4.78 is 1.17. The number of likely N-dealkylation sites (N-methyl/N-ethyl adjacent to an activating group) is 1. The standard InChI is InChI=1S/C14H22BrN3/c1-11-9-18(12(7-8-16)10-17(11)2)14-6-4-3-5-13(14)15/h3-6,11-12H,7-10,16H2,1-2H3. The fourth-order valence-corrected chi connectivity index (χ4v) is 3.12. The van der Waals surface area contributed by atoms with Crippen molar-refractivity contribution in [2.45, 2.75) is 25.4 Å². The molecule has 2 N–H and O–H groups in total. The van der Waals surface area contributed by atoms with Crippen LogP contribution in [0.2, 0.25) is 0 Å². The second-order valence-corrected chi connectivity index (χ2v) is 5.98. The summed E-state index contributed by atoms with van der Waals surface area (Å²) in [5, 5.41) is 0. The molecule has 4 heteroatoms. The van der Waals surface area contributed by atoms with Crippen molar-refractivity contribution >= 4 is 21.6 Å². The fraction of sp³-hybridized carbons (Fsp3) is 0.571. The molecule has 0 amide bonds. The molecule has 0 saturated carbocycles. The van der Waals surface area contributed by atoms with Gasteiger partial charge >= 0.3 is 0 Å². The highest BCUT2D eigenvalue weighted by molar-refractivity contribution is 9.10. The van der Waals surface area contributed by atoms with Gasteiger partial charge in [-0.15, -0.1) is 0 Å². The van der Waals surface area contributed by atoms with Gasteiger partial charge in [0.15, 0.2) is 0 Å². The van der Waals surface area contributed by atoms with Crippen LogP contribution < -0.4 is 10.6 Å². The first-order valence-corrected chi connectivity index (χ1v) is 7.34. The molecule has 100 valence electrons. The molecule has 1 aromatic carbocycles. The Hall–Kier alpha value is -0.580. The van der Waals surface area contributed by atoms with Gasteiger partial charge in [0, 0.05) is 29.6 Å². The molecule has 1 aromatic rings. The Labute approximate surface area is 118 Å². The Morgan fingerprint density at radius 1 is 1.33 bits per heavy atom. The van der Waals surface area contributed by atoms with Crippen molar-refractivity contribution < 1.29 is 0 Å². The lowest BCUT2D eigenvalue weighted by Crippen LogP contribution is -2.56. The normalized spacial score (nSPS) is 25.4. The molecule has 2 rings (SSSR count). The van der Waals surface area contributed by atoms with E-state index in [0.29, 0.717) is 12.1 Å². The van der Waals surface area contributed by atoms with Gasteiger partial charge in [0.05, 0.1) is 5.69 Å². The van der Waals surface area contributed by atoms with Crippen LogP contribution >= 0.6 is 15.9 Å². The largest absolute Gasteiger partial charge is 0.365 e. The Morgan fingerprint density at radius 3 is 2.72 bits per heavy atom. The molecular weight excluding hydrogens is 290 g/mol. The van der Waals surface area contributed by atoms with E-state index in [0.717, 1.165) is 26.1 Å². The van der Waals surface area contributed by atoms with Crippen molar-refractivity contribution in [1.82, 2.24) is 4.90 Å². The van der Waals surface area contributed by atoms with Crippen LogP contribution in [0.1, 0.15) is 13.3 Å². The Morgan fingerprint density at radius 2 is 2.06 bits per heavy atom. The Balaban J connectivity index is 2.25. The molecular formula is C14H22BrN3. The summed E-state index contributed by atoms with van der Waals surface area (Å²) in [4.78, 5) is 4.93.